The zero-order chi connectivity index (χ0) is 23.7. The molecule has 0 spiro atoms. The van der Waals surface area contributed by atoms with Crippen molar-refractivity contribution in [2.75, 3.05) is 13.1 Å². The van der Waals surface area contributed by atoms with E-state index < -0.39 is 27.7 Å². The average Bonchev–Trinajstić information content (AvgIpc) is 3.10. The Balaban J connectivity index is 1.74. The van der Waals surface area contributed by atoms with Crippen molar-refractivity contribution in [3.63, 3.8) is 0 Å². The Labute approximate surface area is 188 Å². The number of hydrogen-bond acceptors (Lipinski definition) is 6. The maximum Gasteiger partial charge on any atom is 0.422 e. The van der Waals surface area contributed by atoms with Gasteiger partial charge in [-0.15, -0.1) is 0 Å². The van der Waals surface area contributed by atoms with Gasteiger partial charge in [0.15, 0.2) is 5.82 Å². The Bertz CT molecular complexity index is 1060. The van der Waals surface area contributed by atoms with Crippen LogP contribution in [0.15, 0.2) is 18.3 Å². The van der Waals surface area contributed by atoms with Crippen molar-refractivity contribution >= 4 is 16.3 Å². The molecular weight excluding hydrogens is 437 g/mol. The van der Waals surface area contributed by atoms with Crippen LogP contribution >= 0.6 is 0 Å². The Morgan fingerprint density at radius 1 is 1.38 bits per heavy atom. The lowest BCUT2D eigenvalue weighted by Gasteiger charge is -2.35. The number of nitrogens with one attached hydrogen (secondary N) is 2. The van der Waals surface area contributed by atoms with Crippen molar-refractivity contribution in [2.24, 2.45) is 5.92 Å². The van der Waals surface area contributed by atoms with Gasteiger partial charge in [0.05, 0.1) is 11.9 Å². The summed E-state index contributed by atoms with van der Waals surface area (Å²) < 4.78 is 46.8. The zero-order valence-electron chi connectivity index (χ0n) is 19.0. The highest BCUT2D eigenvalue weighted by atomic mass is 32.2. The maximum atomic E-state index is 13.2. The molecule has 0 aromatic carbocycles. The first-order chi connectivity index (χ1) is 14.9. The number of aromatic amines is 1. The van der Waals surface area contributed by atoms with Gasteiger partial charge in [0.25, 0.3) is 0 Å². The van der Waals surface area contributed by atoms with Crippen LogP contribution in [0, 0.1) is 11.7 Å². The summed E-state index contributed by atoms with van der Waals surface area (Å²) in [5.41, 5.74) is 1.57. The second kappa shape index (κ2) is 9.14. The zero-order valence-corrected chi connectivity index (χ0v) is 19.8. The van der Waals surface area contributed by atoms with Crippen molar-refractivity contribution in [3.05, 3.63) is 35.5 Å². The number of amides is 1. The minimum Gasteiger partial charge on any atom is -0.443 e. The third-order valence-electron chi connectivity index (χ3n) is 5.30. The molecule has 0 aliphatic carbocycles. The summed E-state index contributed by atoms with van der Waals surface area (Å²) in [7, 11) is -4.02. The number of halogens is 1. The highest BCUT2D eigenvalue weighted by Gasteiger charge is 2.36. The fourth-order valence-electron chi connectivity index (χ4n) is 3.84. The summed E-state index contributed by atoms with van der Waals surface area (Å²) in [6.45, 7) is 9.45. The summed E-state index contributed by atoms with van der Waals surface area (Å²) in [6, 6.07) is 2.90. The molecule has 3 heterocycles. The predicted molar refractivity (Wildman–Crippen MR) is 118 cm³/mol. The van der Waals surface area contributed by atoms with Crippen LogP contribution in [0.4, 0.5) is 9.18 Å². The number of nitrogens with zero attached hydrogens (tertiary/aromatic N) is 3. The molecule has 1 aliphatic heterocycles. The van der Waals surface area contributed by atoms with E-state index in [9.17, 15) is 17.6 Å². The number of aryl methyl sites for hydroxylation is 1. The number of hydrogen-bond donors (Lipinski definition) is 2. The lowest BCUT2D eigenvalue weighted by Crippen LogP contribution is -2.49. The van der Waals surface area contributed by atoms with E-state index in [1.165, 1.54) is 10.4 Å². The lowest BCUT2D eigenvalue weighted by molar-refractivity contribution is 0.0565. The number of pyridine rings is 1. The molecule has 2 atom stereocenters. The number of ether oxygens (including phenoxy) is 1. The van der Waals surface area contributed by atoms with Crippen molar-refractivity contribution < 1.29 is 22.3 Å². The van der Waals surface area contributed by atoms with Crippen LogP contribution in [0.2, 0.25) is 0 Å². The van der Waals surface area contributed by atoms with E-state index in [1.807, 2.05) is 18.6 Å². The van der Waals surface area contributed by atoms with Crippen molar-refractivity contribution in [3.8, 4) is 11.5 Å². The topological polar surface area (TPSA) is 117 Å². The number of piperidine rings is 1. The molecule has 2 unspecified atom stereocenters. The van der Waals surface area contributed by atoms with E-state index in [-0.39, 0.29) is 24.9 Å². The van der Waals surface area contributed by atoms with Gasteiger partial charge in [-0.25, -0.2) is 23.9 Å². The number of carbonyl (C=O) groups is 1. The van der Waals surface area contributed by atoms with E-state index >= 15 is 0 Å². The van der Waals surface area contributed by atoms with Gasteiger partial charge in [0.2, 0.25) is 0 Å². The molecule has 0 bridgehead atoms. The third-order valence-corrected chi connectivity index (χ3v) is 6.74. The molecule has 2 N–H and O–H groups in total. The number of aromatic nitrogens is 3. The number of imidazole rings is 1. The van der Waals surface area contributed by atoms with Gasteiger partial charge in [-0.1, -0.05) is 13.8 Å². The number of rotatable bonds is 5. The largest absolute Gasteiger partial charge is 0.443 e. The standard InChI is InChI=1S/C21H30FN5O4S/c1-6-16-18(25-19(24-16)17-8-7-14(22)11-23-17)15-9-10-27(12-13(15)2)32(29,30)26-20(28)31-21(3,4)5/h7-8,11,13,15H,6,9-10,12H2,1-5H3,(H,24,25)(H,26,28). The molecule has 1 aliphatic rings. The Morgan fingerprint density at radius 3 is 2.66 bits per heavy atom. The molecule has 0 saturated carbocycles. The summed E-state index contributed by atoms with van der Waals surface area (Å²) in [5.74, 6) is 0.133. The first-order valence-corrected chi connectivity index (χ1v) is 12.0. The fraction of sp³-hybridized carbons (Fsp3) is 0.571. The van der Waals surface area contributed by atoms with E-state index in [0.29, 0.717) is 17.9 Å². The van der Waals surface area contributed by atoms with E-state index in [2.05, 4.69) is 9.97 Å². The number of carbonyl (C=O) groups excluding carboxylic acids is 1. The van der Waals surface area contributed by atoms with Gasteiger partial charge in [-0.05, 0) is 51.7 Å². The molecule has 0 radical (unpaired) electrons. The van der Waals surface area contributed by atoms with Gasteiger partial charge in [0, 0.05) is 24.7 Å². The second-order valence-electron chi connectivity index (χ2n) is 9.00. The molecule has 11 heteroatoms. The minimum absolute atomic E-state index is 0.0309. The molecule has 9 nitrogen and oxygen atoms in total. The highest BCUT2D eigenvalue weighted by Crippen LogP contribution is 2.35. The van der Waals surface area contributed by atoms with Crippen LogP contribution in [0.5, 0.6) is 0 Å². The molecule has 1 saturated heterocycles. The van der Waals surface area contributed by atoms with Crippen LogP contribution in [0.3, 0.4) is 0 Å². The molecule has 1 amide bonds. The first-order valence-electron chi connectivity index (χ1n) is 10.6. The van der Waals surface area contributed by atoms with Gasteiger partial charge in [0.1, 0.15) is 17.1 Å². The minimum atomic E-state index is -4.02. The molecule has 2 aromatic heterocycles. The van der Waals surface area contributed by atoms with Gasteiger partial charge in [-0.2, -0.15) is 12.7 Å². The van der Waals surface area contributed by atoms with Crippen LogP contribution in [-0.2, 0) is 21.4 Å². The Hall–Kier alpha value is -2.53. The van der Waals surface area contributed by atoms with E-state index in [0.717, 1.165) is 24.0 Å². The average molecular weight is 468 g/mol. The van der Waals surface area contributed by atoms with Crippen molar-refractivity contribution in [1.29, 1.82) is 0 Å². The second-order valence-corrected chi connectivity index (χ2v) is 10.7. The molecule has 32 heavy (non-hydrogen) atoms. The smallest absolute Gasteiger partial charge is 0.422 e. The SMILES string of the molecule is CCc1[nH]c(-c2ccc(F)cn2)nc1C1CCN(S(=O)(=O)NC(=O)OC(C)(C)C)CC1C. The molecule has 1 fully saturated rings. The normalized spacial score (nSPS) is 20.2. The van der Waals surface area contributed by atoms with Crippen molar-refractivity contribution in [1.82, 2.24) is 24.0 Å². The van der Waals surface area contributed by atoms with Gasteiger partial charge in [-0.3, -0.25) is 0 Å². The molecule has 176 valence electrons. The Morgan fingerprint density at radius 2 is 2.09 bits per heavy atom. The monoisotopic (exact) mass is 467 g/mol. The fourth-order valence-corrected chi connectivity index (χ4v) is 5.00. The van der Waals surface area contributed by atoms with E-state index in [1.54, 1.807) is 26.8 Å². The van der Waals surface area contributed by atoms with Crippen LogP contribution in [0.1, 0.15) is 58.3 Å². The van der Waals surface area contributed by atoms with Crippen LogP contribution in [0.25, 0.3) is 11.5 Å². The van der Waals surface area contributed by atoms with Gasteiger partial charge >= 0.3 is 16.3 Å². The van der Waals surface area contributed by atoms with Crippen LogP contribution in [-0.4, -0.2) is 52.5 Å². The molecular formula is C21H30FN5O4S. The molecule has 3 rings (SSSR count). The molecule has 2 aromatic rings. The lowest BCUT2D eigenvalue weighted by atomic mass is 9.84. The highest BCUT2D eigenvalue weighted by molar-refractivity contribution is 7.87. The van der Waals surface area contributed by atoms with Crippen LogP contribution < -0.4 is 4.72 Å². The predicted octanol–water partition coefficient (Wildman–Crippen LogP) is 3.37. The number of H-pyrrole nitrogens is 1. The third kappa shape index (κ3) is 5.63. The maximum absolute atomic E-state index is 13.2. The summed E-state index contributed by atoms with van der Waals surface area (Å²) in [6.07, 6.45) is 1.41. The first kappa shape index (κ1) is 24.1. The van der Waals surface area contributed by atoms with Gasteiger partial charge < -0.3 is 9.72 Å². The quantitative estimate of drug-likeness (QED) is 0.696. The summed E-state index contributed by atoms with van der Waals surface area (Å²) in [5, 5.41) is 0. The summed E-state index contributed by atoms with van der Waals surface area (Å²) in [4.78, 5) is 24.0. The van der Waals surface area contributed by atoms with Crippen molar-refractivity contribution in [2.45, 2.75) is 59.0 Å². The van der Waals surface area contributed by atoms with E-state index in [4.69, 9.17) is 9.72 Å². The Kier molecular flexibility index (Phi) is 6.89. The summed E-state index contributed by atoms with van der Waals surface area (Å²) >= 11 is 0.